The predicted octanol–water partition coefficient (Wildman–Crippen LogP) is -2.75. The van der Waals surface area contributed by atoms with Crippen molar-refractivity contribution in [2.75, 3.05) is 0 Å². The zero-order valence-electron chi connectivity index (χ0n) is 1.52. The fourth-order valence-corrected chi connectivity index (χ4v) is 0. The second-order valence-corrected chi connectivity index (χ2v) is 0. The zero-order chi connectivity index (χ0) is 0. The molecule has 5 heteroatoms. The van der Waals surface area contributed by atoms with Crippen molar-refractivity contribution >= 4 is 43.1 Å². The fraction of sp³-hybridized carbons (Fsp3) is 0. The Bertz CT molecular complexity index is 9.61. The van der Waals surface area contributed by atoms with Crippen LogP contribution in [0.25, 0.3) is 0 Å². The Morgan fingerprint density at radius 1 is 0.800 bits per heavy atom. The van der Waals surface area contributed by atoms with Crippen molar-refractivity contribution in [1.29, 1.82) is 0 Å². The Morgan fingerprint density at radius 2 is 0.800 bits per heavy atom. The van der Waals surface area contributed by atoms with Gasteiger partial charge in [0.1, 0.15) is 0 Å². The minimum Gasteiger partial charge on any atom is 0 e. The van der Waals surface area contributed by atoms with Crippen molar-refractivity contribution in [2.24, 2.45) is 0 Å². The quantitative estimate of drug-likeness (QED) is 0.426. The van der Waals surface area contributed by atoms with Gasteiger partial charge in [0.15, 0.2) is 34.7 Å². The Morgan fingerprint density at radius 3 is 0.800 bits per heavy atom. The van der Waals surface area contributed by atoms with Crippen molar-refractivity contribution < 1.29 is 64.1 Å². The van der Waals surface area contributed by atoms with Crippen LogP contribution in [0.1, 0.15) is 0 Å². The van der Waals surface area contributed by atoms with Gasteiger partial charge in [-0.25, -0.2) is 0 Å². The van der Waals surface area contributed by atoms with E-state index in [1.807, 2.05) is 0 Å². The molecule has 24 valence electrons. The van der Waals surface area contributed by atoms with Gasteiger partial charge in [0, 0.05) is 72.5 Å². The van der Waals surface area contributed by atoms with E-state index in [4.69, 9.17) is 0 Å². The van der Waals surface area contributed by atoms with Crippen LogP contribution in [0, 0.1) is 41.7 Å². The molecular formula is H6Al2BCeNb. The van der Waals surface area contributed by atoms with Gasteiger partial charge in [0.2, 0.25) is 0 Å². The van der Waals surface area contributed by atoms with E-state index in [1.165, 1.54) is 0 Å². The average Bonchev–Trinajstić information content (AvgIpc) is 0. The first-order chi connectivity index (χ1) is 0. The first-order valence-corrected chi connectivity index (χ1v) is 0. The predicted molar refractivity (Wildman–Crippen MR) is 25.6 cm³/mol. The van der Waals surface area contributed by atoms with Crippen LogP contribution in [0.15, 0.2) is 0 Å². The third-order valence-corrected chi connectivity index (χ3v) is 0. The molecule has 0 N–H and O–H groups in total. The first-order valence-electron chi connectivity index (χ1n) is 0. The van der Waals surface area contributed by atoms with E-state index in [0.717, 1.165) is 0 Å². The third-order valence-electron chi connectivity index (χ3n) is 0. The van der Waals surface area contributed by atoms with Crippen molar-refractivity contribution in [3.8, 4) is 0 Å². The van der Waals surface area contributed by atoms with Crippen LogP contribution >= 0.6 is 0 Å². The minimum absolute atomic E-state index is 0. The summed E-state index contributed by atoms with van der Waals surface area (Å²) in [4.78, 5) is 0. The molecule has 0 aromatic heterocycles. The Hall–Kier alpha value is 3.25. The van der Waals surface area contributed by atoms with Crippen molar-refractivity contribution in [3.05, 3.63) is 0 Å². The number of rotatable bonds is 0. The van der Waals surface area contributed by atoms with E-state index in [0.29, 0.717) is 0 Å². The van der Waals surface area contributed by atoms with E-state index in [9.17, 15) is 0 Å². The van der Waals surface area contributed by atoms with Crippen LogP contribution in [0.3, 0.4) is 0 Å². The maximum Gasteiger partial charge on any atom is 0.187 e. The molecule has 0 aliphatic heterocycles. The van der Waals surface area contributed by atoms with Gasteiger partial charge in [-0.05, 0) is 0 Å². The van der Waals surface area contributed by atoms with E-state index >= 15 is 0 Å². The average molecular weight is 304 g/mol. The molecule has 0 aliphatic carbocycles. The Kier molecular flexibility index (Phi) is 220. The van der Waals surface area contributed by atoms with Crippen LogP contribution in [-0.4, -0.2) is 43.1 Å². The monoisotopic (exact) mass is 304 g/mol. The van der Waals surface area contributed by atoms with Gasteiger partial charge < -0.3 is 0 Å². The topological polar surface area (TPSA) is 0 Å². The molecule has 0 spiro atoms. The third kappa shape index (κ3) is 18.9. The Labute approximate surface area is 105 Å². The largest absolute Gasteiger partial charge is 0.187 e. The summed E-state index contributed by atoms with van der Waals surface area (Å²) in [5.74, 6) is 0. The van der Waals surface area contributed by atoms with E-state index in [1.54, 1.807) is 0 Å². The van der Waals surface area contributed by atoms with Crippen molar-refractivity contribution in [3.63, 3.8) is 0 Å². The van der Waals surface area contributed by atoms with Gasteiger partial charge >= 0.3 is 0 Å². The minimum atomic E-state index is 0. The fourth-order valence-electron chi connectivity index (χ4n) is 0. The molecule has 0 aliphatic rings. The molecule has 0 aromatic carbocycles. The summed E-state index contributed by atoms with van der Waals surface area (Å²) < 4.78 is 0. The van der Waals surface area contributed by atoms with Crippen LogP contribution in [0.4, 0.5) is 0 Å². The van der Waals surface area contributed by atoms with Gasteiger partial charge in [-0.2, -0.15) is 0 Å². The van der Waals surface area contributed by atoms with Gasteiger partial charge in [0.25, 0.3) is 0 Å². The van der Waals surface area contributed by atoms with E-state index in [2.05, 4.69) is 0 Å². The number of hydrogen-bond donors (Lipinski definition) is 0. The second-order valence-electron chi connectivity index (χ2n) is 0. The molecule has 0 aromatic rings. The molecule has 0 saturated carbocycles. The van der Waals surface area contributed by atoms with Crippen LogP contribution in [-0.2, 0) is 22.4 Å². The summed E-state index contributed by atoms with van der Waals surface area (Å²) in [5.41, 5.74) is 0. The molecule has 0 amide bonds. The van der Waals surface area contributed by atoms with Gasteiger partial charge in [0.05, 0.1) is 0 Å². The normalized spacial score (nSPS) is 0. The Balaban J connectivity index is 0. The van der Waals surface area contributed by atoms with Crippen molar-refractivity contribution in [1.82, 2.24) is 0 Å². The molecule has 0 heterocycles. The number of hydrogen-bond acceptors (Lipinski definition) is 0. The molecule has 0 fully saturated rings. The van der Waals surface area contributed by atoms with Crippen LogP contribution in [0.5, 0.6) is 0 Å². The standard InChI is InChI=1S/2Al.B.Ce.Nb.6H. The molecule has 5 heavy (non-hydrogen) atoms. The molecule has 0 rings (SSSR count). The second kappa shape index (κ2) is 26.8. The molecule has 0 bridgehead atoms. The van der Waals surface area contributed by atoms with E-state index < -0.39 is 0 Å². The summed E-state index contributed by atoms with van der Waals surface area (Å²) in [5, 5.41) is 0. The summed E-state index contributed by atoms with van der Waals surface area (Å²) >= 11 is 0. The first kappa shape index (κ1) is 41.1. The molecule has 0 atom stereocenters. The van der Waals surface area contributed by atoms with Gasteiger partial charge in [-0.15, -0.1) is 0 Å². The molecular weight excluding hydrogens is 298 g/mol. The summed E-state index contributed by atoms with van der Waals surface area (Å²) in [6.07, 6.45) is 0. The summed E-state index contributed by atoms with van der Waals surface area (Å²) in [6.45, 7) is 0. The molecule has 0 saturated heterocycles. The molecule has 4 radical (unpaired) electrons. The zero-order valence-corrected chi connectivity index (χ0v) is 6.86. The maximum atomic E-state index is 0. The molecule has 0 nitrogen and oxygen atoms in total. The van der Waals surface area contributed by atoms with Crippen molar-refractivity contribution in [2.45, 2.75) is 0 Å². The SMILES string of the molecule is [AlH3].[AlH3].[B].[Ce].[Nb]. The molecule has 0 unspecified atom stereocenters. The maximum absolute atomic E-state index is 0. The summed E-state index contributed by atoms with van der Waals surface area (Å²) in [7, 11) is 0. The summed E-state index contributed by atoms with van der Waals surface area (Å²) in [6, 6.07) is 0. The smallest absolute Gasteiger partial charge is 0 e. The van der Waals surface area contributed by atoms with E-state index in [-0.39, 0.29) is 107 Å². The van der Waals surface area contributed by atoms with Gasteiger partial charge in [-0.3, -0.25) is 0 Å². The van der Waals surface area contributed by atoms with Gasteiger partial charge in [-0.1, -0.05) is 0 Å². The van der Waals surface area contributed by atoms with Crippen LogP contribution < -0.4 is 0 Å². The van der Waals surface area contributed by atoms with Crippen LogP contribution in [0.2, 0.25) is 0 Å².